The molecule has 2 nitrogen and oxygen atoms in total. The molecule has 1 fully saturated rings. The van der Waals surface area contributed by atoms with Crippen molar-refractivity contribution in [3.8, 4) is 0 Å². The van der Waals surface area contributed by atoms with E-state index in [4.69, 9.17) is 0 Å². The number of amides is 1. The van der Waals surface area contributed by atoms with Gasteiger partial charge in [-0.15, -0.1) is 0 Å². The molecule has 1 heterocycles. The highest BCUT2D eigenvalue weighted by molar-refractivity contribution is 9.10. The average molecular weight is 382 g/mol. The summed E-state index contributed by atoms with van der Waals surface area (Å²) in [5.41, 5.74) is 2.40. The second-order valence-corrected chi connectivity index (χ2v) is 7.56. The first kappa shape index (κ1) is 15.6. The lowest BCUT2D eigenvalue weighted by atomic mass is 9.81. The fourth-order valence-corrected chi connectivity index (χ4v) is 4.49. The molecule has 1 aliphatic heterocycles. The minimum absolute atomic E-state index is 0.122. The van der Waals surface area contributed by atoms with Crippen LogP contribution in [0.5, 0.6) is 0 Å². The summed E-state index contributed by atoms with van der Waals surface area (Å²) in [4.78, 5) is 15.2. The molecule has 1 amide bonds. The Labute approximate surface area is 151 Å². The average Bonchev–Trinajstić information content (AvgIpc) is 2.89. The molecule has 0 unspecified atom stereocenters. The van der Waals surface area contributed by atoms with Gasteiger partial charge in [0.25, 0.3) is 0 Å². The van der Waals surface area contributed by atoms with Gasteiger partial charge >= 0.3 is 0 Å². The largest absolute Gasteiger partial charge is 0.330 e. The standard InChI is InChI=1S/C21H20BrNO/c22-17-10-6-9-16(13-17)20-18-11-4-5-12-19(18)21(24)23(20)14-15-7-2-1-3-8-15/h1-4,6-11,13,18-20H,5,12,14H2/t18-,19-,20-/m0/s1. The summed E-state index contributed by atoms with van der Waals surface area (Å²) in [7, 11) is 0. The SMILES string of the molecule is O=C1[C@H]2CCC=C[C@@H]2[C@H](c2cccc(Br)c2)N1Cc1ccccc1. The predicted molar refractivity (Wildman–Crippen MR) is 99.2 cm³/mol. The quantitative estimate of drug-likeness (QED) is 0.676. The van der Waals surface area contributed by atoms with Gasteiger partial charge in [-0.2, -0.15) is 0 Å². The summed E-state index contributed by atoms with van der Waals surface area (Å²) in [5, 5.41) is 0. The molecule has 2 aromatic carbocycles. The number of likely N-dealkylation sites (tertiary alicyclic amines) is 1. The highest BCUT2D eigenvalue weighted by atomic mass is 79.9. The zero-order valence-electron chi connectivity index (χ0n) is 13.4. The van der Waals surface area contributed by atoms with Crippen molar-refractivity contribution in [2.75, 3.05) is 0 Å². The smallest absolute Gasteiger partial charge is 0.227 e. The van der Waals surface area contributed by atoms with Crippen molar-refractivity contribution in [3.05, 3.63) is 82.3 Å². The third kappa shape index (κ3) is 2.82. The van der Waals surface area contributed by atoms with Crippen LogP contribution in [0.2, 0.25) is 0 Å². The monoisotopic (exact) mass is 381 g/mol. The van der Waals surface area contributed by atoms with Gasteiger partial charge in [0.1, 0.15) is 0 Å². The zero-order chi connectivity index (χ0) is 16.5. The first-order chi connectivity index (χ1) is 11.7. The van der Waals surface area contributed by atoms with Gasteiger partial charge in [-0.25, -0.2) is 0 Å². The Balaban J connectivity index is 1.74. The molecule has 0 saturated carbocycles. The molecule has 3 heteroatoms. The van der Waals surface area contributed by atoms with Crippen molar-refractivity contribution in [2.45, 2.75) is 25.4 Å². The van der Waals surface area contributed by atoms with Crippen LogP contribution in [0.25, 0.3) is 0 Å². The number of nitrogens with zero attached hydrogens (tertiary/aromatic N) is 1. The molecule has 122 valence electrons. The van der Waals surface area contributed by atoms with Gasteiger partial charge in [0.05, 0.1) is 6.04 Å². The van der Waals surface area contributed by atoms with E-state index in [-0.39, 0.29) is 17.9 Å². The normalized spacial score (nSPS) is 25.8. The topological polar surface area (TPSA) is 20.3 Å². The van der Waals surface area contributed by atoms with E-state index in [1.54, 1.807) is 0 Å². The molecule has 2 aromatic rings. The highest BCUT2D eigenvalue weighted by Gasteiger charge is 2.47. The van der Waals surface area contributed by atoms with Gasteiger partial charge in [0.15, 0.2) is 0 Å². The van der Waals surface area contributed by atoms with Crippen LogP contribution in [0, 0.1) is 11.8 Å². The minimum Gasteiger partial charge on any atom is -0.330 e. The third-order valence-electron chi connectivity index (χ3n) is 5.15. The molecule has 0 N–H and O–H groups in total. The summed E-state index contributed by atoms with van der Waals surface area (Å²) in [6.45, 7) is 0.678. The number of carbonyl (C=O) groups is 1. The fraction of sp³-hybridized carbons (Fsp3) is 0.286. The number of halogens is 1. The van der Waals surface area contributed by atoms with Gasteiger partial charge in [-0.3, -0.25) is 4.79 Å². The Morgan fingerprint density at radius 2 is 1.92 bits per heavy atom. The van der Waals surface area contributed by atoms with Crippen molar-refractivity contribution < 1.29 is 4.79 Å². The predicted octanol–water partition coefficient (Wildman–Crippen LogP) is 5.12. The Morgan fingerprint density at radius 3 is 2.71 bits per heavy atom. The van der Waals surface area contributed by atoms with E-state index >= 15 is 0 Å². The Morgan fingerprint density at radius 1 is 1.08 bits per heavy atom. The molecular formula is C21H20BrNO. The van der Waals surface area contributed by atoms with E-state index in [0.29, 0.717) is 12.5 Å². The van der Waals surface area contributed by atoms with Gasteiger partial charge in [0.2, 0.25) is 5.91 Å². The summed E-state index contributed by atoms with van der Waals surface area (Å²) < 4.78 is 1.07. The maximum Gasteiger partial charge on any atom is 0.227 e. The molecule has 0 bridgehead atoms. The molecule has 3 atom stereocenters. The van der Waals surface area contributed by atoms with Crippen LogP contribution >= 0.6 is 15.9 Å². The van der Waals surface area contributed by atoms with Crippen molar-refractivity contribution in [1.82, 2.24) is 4.90 Å². The maximum absolute atomic E-state index is 13.1. The van der Waals surface area contributed by atoms with Gasteiger partial charge in [-0.1, -0.05) is 70.5 Å². The molecule has 4 rings (SSSR count). The molecule has 0 spiro atoms. The highest BCUT2D eigenvalue weighted by Crippen LogP contribution is 2.47. The first-order valence-corrected chi connectivity index (χ1v) is 9.30. The molecule has 0 aromatic heterocycles. The van der Waals surface area contributed by atoms with Gasteiger partial charge in [-0.05, 0) is 36.1 Å². The number of rotatable bonds is 3. The molecule has 24 heavy (non-hydrogen) atoms. The summed E-state index contributed by atoms with van der Waals surface area (Å²) in [6.07, 6.45) is 6.49. The number of benzene rings is 2. The van der Waals surface area contributed by atoms with Gasteiger partial charge in [0, 0.05) is 22.9 Å². The number of carbonyl (C=O) groups excluding carboxylic acids is 1. The molecular weight excluding hydrogens is 362 g/mol. The second kappa shape index (κ2) is 6.56. The van der Waals surface area contributed by atoms with E-state index in [1.807, 2.05) is 24.3 Å². The molecule has 0 radical (unpaired) electrons. The van der Waals surface area contributed by atoms with Crippen LogP contribution in [-0.2, 0) is 11.3 Å². The molecule has 2 aliphatic rings. The van der Waals surface area contributed by atoms with Crippen LogP contribution in [0.1, 0.15) is 30.0 Å². The Bertz CT molecular complexity index is 770. The lowest BCUT2D eigenvalue weighted by molar-refractivity contribution is -0.132. The van der Waals surface area contributed by atoms with Crippen molar-refractivity contribution >= 4 is 21.8 Å². The number of hydrogen-bond donors (Lipinski definition) is 0. The zero-order valence-corrected chi connectivity index (χ0v) is 15.0. The number of hydrogen-bond acceptors (Lipinski definition) is 1. The van der Waals surface area contributed by atoms with Crippen molar-refractivity contribution in [3.63, 3.8) is 0 Å². The molecule has 1 saturated heterocycles. The number of allylic oxidation sites excluding steroid dienone is 1. The second-order valence-electron chi connectivity index (χ2n) is 6.64. The third-order valence-corrected chi connectivity index (χ3v) is 5.65. The van der Waals surface area contributed by atoms with E-state index in [0.717, 1.165) is 17.3 Å². The van der Waals surface area contributed by atoms with E-state index in [1.165, 1.54) is 11.1 Å². The number of fused-ring (bicyclic) bond motifs is 1. The van der Waals surface area contributed by atoms with Crippen LogP contribution in [-0.4, -0.2) is 10.8 Å². The first-order valence-electron chi connectivity index (χ1n) is 8.50. The fourth-order valence-electron chi connectivity index (χ4n) is 4.08. The summed E-state index contributed by atoms with van der Waals surface area (Å²) in [5.74, 6) is 0.713. The van der Waals surface area contributed by atoms with Crippen LogP contribution in [0.4, 0.5) is 0 Å². The lowest BCUT2D eigenvalue weighted by Gasteiger charge is -2.28. The van der Waals surface area contributed by atoms with E-state index in [9.17, 15) is 4.79 Å². The van der Waals surface area contributed by atoms with E-state index in [2.05, 4.69) is 63.3 Å². The summed E-state index contributed by atoms with van der Waals surface area (Å²) >= 11 is 3.58. The van der Waals surface area contributed by atoms with E-state index < -0.39 is 0 Å². The maximum atomic E-state index is 13.1. The molecule has 1 aliphatic carbocycles. The summed E-state index contributed by atoms with van der Waals surface area (Å²) in [6, 6.07) is 18.8. The minimum atomic E-state index is 0.122. The van der Waals surface area contributed by atoms with Crippen LogP contribution in [0.3, 0.4) is 0 Å². The Hall–Kier alpha value is -1.87. The van der Waals surface area contributed by atoms with Crippen molar-refractivity contribution in [1.29, 1.82) is 0 Å². The van der Waals surface area contributed by atoms with Crippen molar-refractivity contribution in [2.24, 2.45) is 11.8 Å². The van der Waals surface area contributed by atoms with Gasteiger partial charge < -0.3 is 4.90 Å². The Kier molecular flexibility index (Phi) is 4.28. The van der Waals surface area contributed by atoms with Crippen LogP contribution < -0.4 is 0 Å². The lowest BCUT2D eigenvalue weighted by Crippen LogP contribution is -2.29. The van der Waals surface area contributed by atoms with Crippen LogP contribution in [0.15, 0.2) is 71.2 Å².